The summed E-state index contributed by atoms with van der Waals surface area (Å²) in [6, 6.07) is 7.28. The zero-order chi connectivity index (χ0) is 13.8. The highest BCUT2D eigenvalue weighted by atomic mass is 35.5. The van der Waals surface area contributed by atoms with E-state index in [0.29, 0.717) is 17.2 Å². The van der Waals surface area contributed by atoms with E-state index < -0.39 is 11.5 Å². The van der Waals surface area contributed by atoms with Gasteiger partial charge in [0.1, 0.15) is 5.60 Å². The number of rotatable bonds is 4. The fourth-order valence-corrected chi connectivity index (χ4v) is 1.52. The minimum absolute atomic E-state index is 0.555. The van der Waals surface area contributed by atoms with Gasteiger partial charge in [0.05, 0.1) is 5.71 Å². The second kappa shape index (κ2) is 5.98. The van der Waals surface area contributed by atoms with Gasteiger partial charge >= 0.3 is 0 Å². The van der Waals surface area contributed by atoms with Crippen molar-refractivity contribution in [2.24, 2.45) is 5.10 Å². The molecule has 0 bridgehead atoms. The van der Waals surface area contributed by atoms with E-state index in [1.54, 1.807) is 6.07 Å². The molecule has 0 spiro atoms. The van der Waals surface area contributed by atoms with E-state index in [4.69, 9.17) is 11.6 Å². The van der Waals surface area contributed by atoms with Gasteiger partial charge < -0.3 is 5.11 Å². The smallest absolute Gasteiger partial charge is 0.271 e. The number of hydrogen-bond acceptors (Lipinski definition) is 3. The van der Waals surface area contributed by atoms with Crippen molar-refractivity contribution < 1.29 is 9.90 Å². The van der Waals surface area contributed by atoms with Gasteiger partial charge in [0.25, 0.3) is 5.91 Å². The molecule has 18 heavy (non-hydrogen) atoms. The van der Waals surface area contributed by atoms with Gasteiger partial charge in [-0.2, -0.15) is 5.10 Å². The van der Waals surface area contributed by atoms with E-state index in [1.807, 2.05) is 25.1 Å². The van der Waals surface area contributed by atoms with Gasteiger partial charge in [-0.15, -0.1) is 0 Å². The van der Waals surface area contributed by atoms with Crippen LogP contribution >= 0.6 is 11.6 Å². The van der Waals surface area contributed by atoms with Crippen molar-refractivity contribution in [3.05, 3.63) is 34.9 Å². The summed E-state index contributed by atoms with van der Waals surface area (Å²) in [6.07, 6.45) is 0.621. The van der Waals surface area contributed by atoms with E-state index in [1.165, 1.54) is 13.8 Å². The highest BCUT2D eigenvalue weighted by molar-refractivity contribution is 6.34. The molecule has 0 aliphatic carbocycles. The van der Waals surface area contributed by atoms with Crippen molar-refractivity contribution in [2.45, 2.75) is 32.8 Å². The Morgan fingerprint density at radius 1 is 1.44 bits per heavy atom. The Balaban J connectivity index is 2.92. The Labute approximate surface area is 112 Å². The maximum absolute atomic E-state index is 11.5. The summed E-state index contributed by atoms with van der Waals surface area (Å²) in [5, 5.41) is 14.1. The van der Waals surface area contributed by atoms with Crippen LogP contribution < -0.4 is 5.43 Å². The van der Waals surface area contributed by atoms with Crippen LogP contribution in [-0.4, -0.2) is 22.3 Å². The van der Waals surface area contributed by atoms with Gasteiger partial charge in [-0.1, -0.05) is 36.7 Å². The first-order valence-corrected chi connectivity index (χ1v) is 6.08. The van der Waals surface area contributed by atoms with Crippen LogP contribution in [0.1, 0.15) is 32.8 Å². The molecule has 0 aromatic heterocycles. The number of benzene rings is 1. The average Bonchev–Trinajstić information content (AvgIpc) is 2.30. The molecule has 0 saturated heterocycles. The lowest BCUT2D eigenvalue weighted by atomic mass is 10.1. The van der Waals surface area contributed by atoms with Gasteiger partial charge in [0.15, 0.2) is 0 Å². The molecule has 0 saturated carbocycles. The van der Waals surface area contributed by atoms with Crippen molar-refractivity contribution in [3.8, 4) is 0 Å². The molecular formula is C13H17ClN2O2. The van der Waals surface area contributed by atoms with Crippen molar-refractivity contribution in [2.75, 3.05) is 0 Å². The molecule has 4 nitrogen and oxygen atoms in total. The summed E-state index contributed by atoms with van der Waals surface area (Å²) in [5.41, 5.74) is 2.32. The quantitative estimate of drug-likeness (QED) is 0.650. The fraction of sp³-hybridized carbons (Fsp3) is 0.385. The molecular weight excluding hydrogens is 252 g/mol. The molecule has 0 heterocycles. The fourth-order valence-electron chi connectivity index (χ4n) is 1.28. The van der Waals surface area contributed by atoms with Gasteiger partial charge in [-0.3, -0.25) is 4.79 Å². The minimum Gasteiger partial charge on any atom is -0.381 e. The molecule has 0 aliphatic rings. The summed E-state index contributed by atoms with van der Waals surface area (Å²) in [7, 11) is 0. The number of nitrogens with zero attached hydrogens (tertiary/aromatic N) is 1. The number of amides is 1. The van der Waals surface area contributed by atoms with E-state index in [9.17, 15) is 9.90 Å². The minimum atomic E-state index is -1.46. The standard InChI is InChI=1S/C13H17ClN2O2/c1-4-11(9-7-5-6-8-10(9)14)15-16-12(17)13(2,3)18/h5-8,18H,4H2,1-3H3,(H,16,17)/b15-11+. The van der Waals surface area contributed by atoms with Crippen molar-refractivity contribution in [1.29, 1.82) is 0 Å². The maximum Gasteiger partial charge on any atom is 0.271 e. The van der Waals surface area contributed by atoms with Crippen molar-refractivity contribution >= 4 is 23.2 Å². The molecule has 1 aromatic rings. The zero-order valence-electron chi connectivity index (χ0n) is 10.7. The summed E-state index contributed by atoms with van der Waals surface area (Å²) in [4.78, 5) is 11.5. The van der Waals surface area contributed by atoms with Crippen LogP contribution in [0.15, 0.2) is 29.4 Å². The van der Waals surface area contributed by atoms with E-state index in [0.717, 1.165) is 5.56 Å². The lowest BCUT2D eigenvalue weighted by molar-refractivity contribution is -0.136. The molecule has 1 rings (SSSR count). The normalized spacial score (nSPS) is 12.4. The van der Waals surface area contributed by atoms with Crippen molar-refractivity contribution in [3.63, 3.8) is 0 Å². The number of carbonyl (C=O) groups excluding carboxylic acids is 1. The Kier molecular flexibility index (Phi) is 4.87. The number of carbonyl (C=O) groups is 1. The summed E-state index contributed by atoms with van der Waals surface area (Å²) < 4.78 is 0. The third kappa shape index (κ3) is 3.82. The highest BCUT2D eigenvalue weighted by Gasteiger charge is 2.23. The average molecular weight is 269 g/mol. The third-order valence-electron chi connectivity index (χ3n) is 2.37. The topological polar surface area (TPSA) is 61.7 Å². The Morgan fingerprint density at radius 2 is 2.06 bits per heavy atom. The summed E-state index contributed by atoms with van der Waals surface area (Å²) in [5.74, 6) is -0.555. The molecule has 1 aromatic carbocycles. The second-order valence-corrected chi connectivity index (χ2v) is 4.80. The van der Waals surface area contributed by atoms with Gasteiger partial charge in [0.2, 0.25) is 0 Å². The Bertz CT molecular complexity index is 464. The predicted molar refractivity (Wildman–Crippen MR) is 72.7 cm³/mol. The van der Waals surface area contributed by atoms with Crippen LogP contribution in [0.2, 0.25) is 5.02 Å². The van der Waals surface area contributed by atoms with Crippen molar-refractivity contribution in [1.82, 2.24) is 5.43 Å². The predicted octanol–water partition coefficient (Wildman–Crippen LogP) is 2.34. The van der Waals surface area contributed by atoms with Crippen LogP contribution in [0, 0.1) is 0 Å². The first-order chi connectivity index (χ1) is 8.36. The lowest BCUT2D eigenvalue weighted by Gasteiger charge is -2.15. The SMILES string of the molecule is CC/C(=N\NC(=O)C(C)(C)O)c1ccccc1Cl. The number of hydrogen-bond donors (Lipinski definition) is 2. The van der Waals surface area contributed by atoms with E-state index in [-0.39, 0.29) is 0 Å². The summed E-state index contributed by atoms with van der Waals surface area (Å²) in [6.45, 7) is 4.72. The number of aliphatic hydroxyl groups is 1. The molecule has 5 heteroatoms. The Morgan fingerprint density at radius 3 is 2.56 bits per heavy atom. The summed E-state index contributed by atoms with van der Waals surface area (Å²) >= 11 is 6.06. The zero-order valence-corrected chi connectivity index (χ0v) is 11.5. The molecule has 0 atom stereocenters. The molecule has 1 amide bonds. The molecule has 2 N–H and O–H groups in total. The largest absolute Gasteiger partial charge is 0.381 e. The number of halogens is 1. The first kappa shape index (κ1) is 14.7. The maximum atomic E-state index is 11.5. The second-order valence-electron chi connectivity index (χ2n) is 4.39. The Hall–Kier alpha value is -1.39. The number of hydrazone groups is 1. The van der Waals surface area contributed by atoms with Crippen LogP contribution in [0.5, 0.6) is 0 Å². The molecule has 0 unspecified atom stereocenters. The third-order valence-corrected chi connectivity index (χ3v) is 2.70. The highest BCUT2D eigenvalue weighted by Crippen LogP contribution is 2.17. The van der Waals surface area contributed by atoms with E-state index >= 15 is 0 Å². The van der Waals surface area contributed by atoms with Crippen LogP contribution in [0.25, 0.3) is 0 Å². The van der Waals surface area contributed by atoms with Crippen LogP contribution in [0.4, 0.5) is 0 Å². The first-order valence-electron chi connectivity index (χ1n) is 5.70. The van der Waals surface area contributed by atoms with Gasteiger partial charge in [-0.25, -0.2) is 5.43 Å². The number of nitrogens with one attached hydrogen (secondary N) is 1. The van der Waals surface area contributed by atoms with Crippen LogP contribution in [-0.2, 0) is 4.79 Å². The van der Waals surface area contributed by atoms with Gasteiger partial charge in [-0.05, 0) is 26.3 Å². The molecule has 98 valence electrons. The van der Waals surface area contributed by atoms with Gasteiger partial charge in [0, 0.05) is 10.6 Å². The van der Waals surface area contributed by atoms with E-state index in [2.05, 4.69) is 10.5 Å². The van der Waals surface area contributed by atoms with Crippen LogP contribution in [0.3, 0.4) is 0 Å². The lowest BCUT2D eigenvalue weighted by Crippen LogP contribution is -2.40. The molecule has 0 aliphatic heterocycles. The molecule has 0 fully saturated rings. The molecule has 0 radical (unpaired) electrons. The monoisotopic (exact) mass is 268 g/mol.